The van der Waals surface area contributed by atoms with E-state index in [4.69, 9.17) is 11.6 Å². The zero-order valence-electron chi connectivity index (χ0n) is 9.54. The summed E-state index contributed by atoms with van der Waals surface area (Å²) in [5, 5.41) is 12.2. The molecule has 0 aliphatic rings. The molecule has 5 heteroatoms. The lowest BCUT2D eigenvalue weighted by atomic mass is 10.2. The van der Waals surface area contributed by atoms with Gasteiger partial charge in [0.25, 0.3) is 5.91 Å². The summed E-state index contributed by atoms with van der Waals surface area (Å²) in [6, 6.07) is 4.91. The van der Waals surface area contributed by atoms with E-state index in [0.29, 0.717) is 6.54 Å². The van der Waals surface area contributed by atoms with Crippen LogP contribution in [0.4, 0.5) is 0 Å². The molecule has 0 heterocycles. The Morgan fingerprint density at radius 3 is 2.94 bits per heavy atom. The summed E-state index contributed by atoms with van der Waals surface area (Å²) in [5.74, 6) is -0.299. The van der Waals surface area contributed by atoms with Crippen molar-refractivity contribution >= 4 is 40.1 Å². The van der Waals surface area contributed by atoms with Gasteiger partial charge in [0.2, 0.25) is 0 Å². The standard InChI is InChI=1S/C12H15ClINO2/c1-2-3-8(13)7-15-12(17)10-6-9(14)4-5-11(10)16/h4-6,8,16H,2-3,7H2,1H3,(H,15,17). The predicted octanol–water partition coefficient (Wildman–Crippen LogP) is 3.13. The first-order chi connectivity index (χ1) is 8.04. The van der Waals surface area contributed by atoms with Crippen molar-refractivity contribution in [1.29, 1.82) is 0 Å². The Balaban J connectivity index is 2.61. The molecule has 94 valence electrons. The molecule has 1 aromatic carbocycles. The molecule has 1 amide bonds. The third-order valence-electron chi connectivity index (χ3n) is 2.29. The Hall–Kier alpha value is -0.490. The number of aromatic hydroxyl groups is 1. The number of alkyl halides is 1. The van der Waals surface area contributed by atoms with Crippen LogP contribution in [0.5, 0.6) is 5.75 Å². The number of benzene rings is 1. The minimum Gasteiger partial charge on any atom is -0.507 e. The van der Waals surface area contributed by atoms with Gasteiger partial charge in [0.15, 0.2) is 0 Å². The Bertz CT molecular complexity index is 398. The molecule has 1 unspecified atom stereocenters. The molecule has 0 aliphatic heterocycles. The predicted molar refractivity (Wildman–Crippen MR) is 77.7 cm³/mol. The van der Waals surface area contributed by atoms with Gasteiger partial charge in [0.05, 0.1) is 10.9 Å². The summed E-state index contributed by atoms with van der Waals surface area (Å²) >= 11 is 8.10. The number of phenolic OH excluding ortho intramolecular Hbond substituents is 1. The van der Waals surface area contributed by atoms with Crippen molar-refractivity contribution in [3.63, 3.8) is 0 Å². The van der Waals surface area contributed by atoms with Gasteiger partial charge in [0.1, 0.15) is 5.75 Å². The minimum absolute atomic E-state index is 0.00969. The smallest absolute Gasteiger partial charge is 0.255 e. The lowest BCUT2D eigenvalue weighted by molar-refractivity contribution is 0.0950. The van der Waals surface area contributed by atoms with E-state index in [-0.39, 0.29) is 22.6 Å². The van der Waals surface area contributed by atoms with Gasteiger partial charge >= 0.3 is 0 Å². The van der Waals surface area contributed by atoms with Crippen LogP contribution in [0.1, 0.15) is 30.1 Å². The van der Waals surface area contributed by atoms with Gasteiger partial charge in [-0.05, 0) is 47.2 Å². The highest BCUT2D eigenvalue weighted by Crippen LogP contribution is 2.19. The van der Waals surface area contributed by atoms with Gasteiger partial charge in [-0.15, -0.1) is 11.6 Å². The van der Waals surface area contributed by atoms with Crippen LogP contribution >= 0.6 is 34.2 Å². The first-order valence-corrected chi connectivity index (χ1v) is 6.97. The second kappa shape index (κ2) is 7.06. The molecule has 0 radical (unpaired) electrons. The number of amides is 1. The zero-order chi connectivity index (χ0) is 12.8. The van der Waals surface area contributed by atoms with Crippen LogP contribution in [0.2, 0.25) is 0 Å². The molecule has 1 rings (SSSR count). The minimum atomic E-state index is -0.289. The van der Waals surface area contributed by atoms with Crippen LogP contribution in [-0.2, 0) is 0 Å². The van der Waals surface area contributed by atoms with Crippen LogP contribution < -0.4 is 5.32 Å². The van der Waals surface area contributed by atoms with E-state index < -0.39 is 0 Å². The van der Waals surface area contributed by atoms with E-state index in [9.17, 15) is 9.90 Å². The van der Waals surface area contributed by atoms with E-state index >= 15 is 0 Å². The highest BCUT2D eigenvalue weighted by atomic mass is 127. The number of nitrogens with one attached hydrogen (secondary N) is 1. The summed E-state index contributed by atoms with van der Waals surface area (Å²) in [5.41, 5.74) is 0.289. The topological polar surface area (TPSA) is 49.3 Å². The number of hydrogen-bond acceptors (Lipinski definition) is 2. The van der Waals surface area contributed by atoms with Crippen LogP contribution in [0.3, 0.4) is 0 Å². The van der Waals surface area contributed by atoms with Crippen molar-refractivity contribution in [2.75, 3.05) is 6.54 Å². The fraction of sp³-hybridized carbons (Fsp3) is 0.417. The summed E-state index contributed by atoms with van der Waals surface area (Å²) in [7, 11) is 0. The molecule has 0 spiro atoms. The highest BCUT2D eigenvalue weighted by Gasteiger charge is 2.12. The molecule has 0 saturated carbocycles. The lowest BCUT2D eigenvalue weighted by Crippen LogP contribution is -2.29. The van der Waals surface area contributed by atoms with Gasteiger partial charge in [-0.3, -0.25) is 4.79 Å². The van der Waals surface area contributed by atoms with Gasteiger partial charge in [-0.2, -0.15) is 0 Å². The second-order valence-corrected chi connectivity index (χ2v) is 5.62. The van der Waals surface area contributed by atoms with Gasteiger partial charge in [0, 0.05) is 10.1 Å². The van der Waals surface area contributed by atoms with Crippen molar-refractivity contribution in [3.8, 4) is 5.75 Å². The van der Waals surface area contributed by atoms with Gasteiger partial charge in [-0.1, -0.05) is 13.3 Å². The van der Waals surface area contributed by atoms with E-state index in [1.54, 1.807) is 12.1 Å². The lowest BCUT2D eigenvalue weighted by Gasteiger charge is -2.10. The maximum absolute atomic E-state index is 11.8. The van der Waals surface area contributed by atoms with Crippen molar-refractivity contribution < 1.29 is 9.90 Å². The number of phenols is 1. The van der Waals surface area contributed by atoms with E-state index in [1.165, 1.54) is 6.07 Å². The zero-order valence-corrected chi connectivity index (χ0v) is 12.5. The average molecular weight is 368 g/mol. The normalized spacial score (nSPS) is 12.2. The van der Waals surface area contributed by atoms with Crippen LogP contribution in [0.15, 0.2) is 18.2 Å². The number of hydrogen-bond donors (Lipinski definition) is 2. The van der Waals surface area contributed by atoms with Crippen LogP contribution in [0, 0.1) is 3.57 Å². The molecular formula is C12H15ClINO2. The Morgan fingerprint density at radius 1 is 1.59 bits per heavy atom. The van der Waals surface area contributed by atoms with Crippen molar-refractivity contribution in [3.05, 3.63) is 27.3 Å². The fourth-order valence-corrected chi connectivity index (χ4v) is 2.19. The molecule has 0 aliphatic carbocycles. The molecule has 1 atom stereocenters. The molecule has 0 fully saturated rings. The van der Waals surface area contributed by atoms with E-state index in [1.807, 2.05) is 6.92 Å². The quantitative estimate of drug-likeness (QED) is 0.620. The molecule has 3 nitrogen and oxygen atoms in total. The maximum atomic E-state index is 11.8. The largest absolute Gasteiger partial charge is 0.507 e. The van der Waals surface area contributed by atoms with Crippen molar-refractivity contribution in [2.24, 2.45) is 0 Å². The van der Waals surface area contributed by atoms with Crippen LogP contribution in [0.25, 0.3) is 0 Å². The second-order valence-electron chi connectivity index (χ2n) is 3.76. The van der Waals surface area contributed by atoms with Gasteiger partial charge in [-0.25, -0.2) is 0 Å². The summed E-state index contributed by atoms with van der Waals surface area (Å²) in [4.78, 5) is 11.8. The monoisotopic (exact) mass is 367 g/mol. The van der Waals surface area contributed by atoms with Crippen molar-refractivity contribution in [1.82, 2.24) is 5.32 Å². The third-order valence-corrected chi connectivity index (χ3v) is 3.33. The van der Waals surface area contributed by atoms with Crippen LogP contribution in [-0.4, -0.2) is 22.9 Å². The Kier molecular flexibility index (Phi) is 6.05. The first kappa shape index (κ1) is 14.6. The maximum Gasteiger partial charge on any atom is 0.255 e. The number of carbonyl (C=O) groups excluding carboxylic acids is 1. The van der Waals surface area contributed by atoms with Crippen molar-refractivity contribution in [2.45, 2.75) is 25.1 Å². The van der Waals surface area contributed by atoms with Gasteiger partial charge < -0.3 is 10.4 Å². The molecule has 0 saturated heterocycles. The SMILES string of the molecule is CCCC(Cl)CNC(=O)c1cc(I)ccc1O. The molecular weight excluding hydrogens is 352 g/mol. The fourth-order valence-electron chi connectivity index (χ4n) is 1.40. The van der Waals surface area contributed by atoms with E-state index in [0.717, 1.165) is 16.4 Å². The summed E-state index contributed by atoms with van der Waals surface area (Å²) in [6.07, 6.45) is 1.85. The number of carbonyl (C=O) groups is 1. The molecule has 0 bridgehead atoms. The number of rotatable bonds is 5. The average Bonchev–Trinajstić information content (AvgIpc) is 2.29. The molecule has 17 heavy (non-hydrogen) atoms. The molecule has 0 aromatic heterocycles. The first-order valence-electron chi connectivity index (χ1n) is 5.45. The Morgan fingerprint density at radius 2 is 2.29 bits per heavy atom. The third kappa shape index (κ3) is 4.71. The molecule has 1 aromatic rings. The summed E-state index contributed by atoms with van der Waals surface area (Å²) in [6.45, 7) is 2.46. The molecule has 2 N–H and O–H groups in total. The summed E-state index contributed by atoms with van der Waals surface area (Å²) < 4.78 is 0.904. The Labute approximate surface area is 120 Å². The number of halogens is 2. The van der Waals surface area contributed by atoms with E-state index in [2.05, 4.69) is 27.9 Å². The highest BCUT2D eigenvalue weighted by molar-refractivity contribution is 14.1.